The third-order valence-corrected chi connectivity index (χ3v) is 7.86. The van der Waals surface area contributed by atoms with Crippen molar-refractivity contribution < 1.29 is 26.4 Å². The van der Waals surface area contributed by atoms with Gasteiger partial charge in [-0.2, -0.15) is 17.5 Å². The van der Waals surface area contributed by atoms with Crippen LogP contribution in [0.4, 0.5) is 13.2 Å². The van der Waals surface area contributed by atoms with E-state index >= 15 is 0 Å². The predicted molar refractivity (Wildman–Crippen MR) is 114 cm³/mol. The summed E-state index contributed by atoms with van der Waals surface area (Å²) in [4.78, 5) is 18.4. The van der Waals surface area contributed by atoms with Gasteiger partial charge in [-0.05, 0) is 56.2 Å². The number of halogens is 3. The van der Waals surface area contributed by atoms with Crippen LogP contribution in [0.2, 0.25) is 0 Å². The average Bonchev–Trinajstić information content (AvgIpc) is 2.90. The quantitative estimate of drug-likeness (QED) is 0.685. The highest BCUT2D eigenvalue weighted by molar-refractivity contribution is 7.89. The molecule has 2 heterocycles. The zero-order valence-electron chi connectivity index (χ0n) is 18.4. The third kappa shape index (κ3) is 4.93. The van der Waals surface area contributed by atoms with Gasteiger partial charge < -0.3 is 5.73 Å². The van der Waals surface area contributed by atoms with Crippen LogP contribution in [0.1, 0.15) is 45.6 Å². The number of carbonyl (C=O) groups excluding carboxylic acids is 1. The van der Waals surface area contributed by atoms with Crippen LogP contribution in [0.15, 0.2) is 34.2 Å². The molecule has 1 aromatic carbocycles. The number of benzene rings is 1. The SMILES string of the molecule is CC(C)CC1(C)N=C(N)N(CC2CCN(S(=O)(=O)c3cccc(C(F)(F)F)c3)CC2)C1=O. The summed E-state index contributed by atoms with van der Waals surface area (Å²) in [5, 5.41) is 0. The Hall–Kier alpha value is -2.14. The smallest absolute Gasteiger partial charge is 0.369 e. The molecule has 2 aliphatic heterocycles. The highest BCUT2D eigenvalue weighted by Gasteiger charge is 2.45. The first-order valence-electron chi connectivity index (χ1n) is 10.6. The summed E-state index contributed by atoms with van der Waals surface area (Å²) in [6.07, 6.45) is -3.10. The van der Waals surface area contributed by atoms with Crippen LogP contribution in [0, 0.1) is 11.8 Å². The topological polar surface area (TPSA) is 96.1 Å². The number of piperidine rings is 1. The molecule has 0 radical (unpaired) electrons. The maximum Gasteiger partial charge on any atom is 0.416 e. The van der Waals surface area contributed by atoms with E-state index in [0.29, 0.717) is 31.9 Å². The Labute approximate surface area is 186 Å². The molecule has 0 bridgehead atoms. The second-order valence-corrected chi connectivity index (χ2v) is 11.1. The molecular weight excluding hydrogens is 445 g/mol. The van der Waals surface area contributed by atoms with E-state index in [0.717, 1.165) is 12.1 Å². The lowest BCUT2D eigenvalue weighted by atomic mass is 9.90. The first kappa shape index (κ1) is 24.5. The molecule has 11 heteroatoms. The maximum absolute atomic E-state index is 13.0. The van der Waals surface area contributed by atoms with Crippen molar-refractivity contribution in [1.82, 2.24) is 9.21 Å². The van der Waals surface area contributed by atoms with Gasteiger partial charge in [0.2, 0.25) is 10.0 Å². The number of amides is 1. The summed E-state index contributed by atoms with van der Waals surface area (Å²) in [6.45, 7) is 6.45. The average molecular weight is 475 g/mol. The Morgan fingerprint density at radius 2 is 1.88 bits per heavy atom. The van der Waals surface area contributed by atoms with Crippen LogP contribution in [-0.4, -0.2) is 54.7 Å². The minimum Gasteiger partial charge on any atom is -0.369 e. The second kappa shape index (κ2) is 8.66. The molecule has 7 nitrogen and oxygen atoms in total. The Kier molecular flexibility index (Phi) is 6.63. The third-order valence-electron chi connectivity index (χ3n) is 5.96. The van der Waals surface area contributed by atoms with Gasteiger partial charge in [0.25, 0.3) is 5.91 Å². The summed E-state index contributed by atoms with van der Waals surface area (Å²) >= 11 is 0. The second-order valence-electron chi connectivity index (χ2n) is 9.13. The normalized spacial score (nSPS) is 23.8. The minimum absolute atomic E-state index is 0.0158. The Balaban J connectivity index is 1.65. The molecule has 0 aliphatic carbocycles. The Morgan fingerprint density at radius 1 is 1.25 bits per heavy atom. The number of carbonyl (C=O) groups is 1. The monoisotopic (exact) mass is 474 g/mol. The molecular formula is C21H29F3N4O3S. The summed E-state index contributed by atoms with van der Waals surface area (Å²) in [5.41, 5.74) is 4.13. The van der Waals surface area contributed by atoms with Crippen molar-refractivity contribution in [3.8, 4) is 0 Å². The van der Waals surface area contributed by atoms with Crippen molar-refractivity contribution >= 4 is 21.9 Å². The first-order valence-corrected chi connectivity index (χ1v) is 12.0. The number of sulfonamides is 1. The van der Waals surface area contributed by atoms with E-state index in [4.69, 9.17) is 5.73 Å². The van der Waals surface area contributed by atoms with E-state index in [-0.39, 0.29) is 41.7 Å². The minimum atomic E-state index is -4.62. The van der Waals surface area contributed by atoms with E-state index in [9.17, 15) is 26.4 Å². The van der Waals surface area contributed by atoms with E-state index in [2.05, 4.69) is 4.99 Å². The number of rotatable bonds is 6. The molecule has 0 saturated carbocycles. The molecule has 2 aliphatic rings. The van der Waals surface area contributed by atoms with E-state index in [1.807, 2.05) is 13.8 Å². The highest BCUT2D eigenvalue weighted by atomic mass is 32.2. The molecule has 1 fully saturated rings. The highest BCUT2D eigenvalue weighted by Crippen LogP contribution is 2.33. The molecule has 0 spiro atoms. The van der Waals surface area contributed by atoms with Crippen molar-refractivity contribution in [3.05, 3.63) is 29.8 Å². The summed E-state index contributed by atoms with van der Waals surface area (Å²) < 4.78 is 65.8. The molecule has 1 amide bonds. The van der Waals surface area contributed by atoms with Gasteiger partial charge in [-0.15, -0.1) is 0 Å². The molecule has 1 saturated heterocycles. The fourth-order valence-electron chi connectivity index (χ4n) is 4.43. The van der Waals surface area contributed by atoms with Crippen LogP contribution in [0.5, 0.6) is 0 Å². The zero-order chi connectivity index (χ0) is 23.9. The molecule has 178 valence electrons. The van der Waals surface area contributed by atoms with Gasteiger partial charge in [-0.1, -0.05) is 19.9 Å². The van der Waals surface area contributed by atoms with Crippen molar-refractivity contribution in [1.29, 1.82) is 0 Å². The number of nitrogens with zero attached hydrogens (tertiary/aromatic N) is 3. The standard InChI is InChI=1S/C21H29F3N4O3S/c1-14(2)12-20(3)18(29)28(19(25)26-20)13-15-7-9-27(10-8-15)32(30,31)17-6-4-5-16(11-17)21(22,23)24/h4-6,11,14-15H,7-10,12-13H2,1-3H3,(H2,25,26). The van der Waals surface area contributed by atoms with Gasteiger partial charge in [0, 0.05) is 19.6 Å². The van der Waals surface area contributed by atoms with Crippen molar-refractivity contribution in [2.45, 2.75) is 56.6 Å². The Bertz CT molecular complexity index is 1000. The van der Waals surface area contributed by atoms with Crippen LogP contribution in [-0.2, 0) is 21.0 Å². The lowest BCUT2D eigenvalue weighted by Gasteiger charge is -2.33. The predicted octanol–water partition coefficient (Wildman–Crippen LogP) is 3.07. The van der Waals surface area contributed by atoms with Gasteiger partial charge in [0.15, 0.2) is 5.96 Å². The fraction of sp³-hybridized carbons (Fsp3) is 0.619. The summed E-state index contributed by atoms with van der Waals surface area (Å²) in [6, 6.07) is 3.78. The lowest BCUT2D eigenvalue weighted by molar-refractivity contribution is -0.137. The number of aliphatic imine (C=N–C) groups is 1. The van der Waals surface area contributed by atoms with Gasteiger partial charge in [0.05, 0.1) is 10.5 Å². The van der Waals surface area contributed by atoms with Crippen LogP contribution in [0.3, 0.4) is 0 Å². The summed E-state index contributed by atoms with van der Waals surface area (Å²) in [5.74, 6) is 0.312. The van der Waals surface area contributed by atoms with Crippen molar-refractivity contribution in [2.75, 3.05) is 19.6 Å². The number of alkyl halides is 3. The van der Waals surface area contributed by atoms with E-state index in [1.165, 1.54) is 15.3 Å². The fourth-order valence-corrected chi connectivity index (χ4v) is 5.95. The molecule has 0 aromatic heterocycles. The maximum atomic E-state index is 13.0. The van der Waals surface area contributed by atoms with Crippen LogP contribution in [0.25, 0.3) is 0 Å². The number of hydrogen-bond acceptors (Lipinski definition) is 5. The van der Waals surface area contributed by atoms with Gasteiger partial charge in [-0.25, -0.2) is 13.4 Å². The molecule has 1 atom stereocenters. The van der Waals surface area contributed by atoms with Crippen molar-refractivity contribution in [3.63, 3.8) is 0 Å². The van der Waals surface area contributed by atoms with Crippen molar-refractivity contribution in [2.24, 2.45) is 22.6 Å². The Morgan fingerprint density at radius 3 is 2.44 bits per heavy atom. The van der Waals surface area contributed by atoms with E-state index in [1.54, 1.807) is 6.92 Å². The number of nitrogens with two attached hydrogens (primary N) is 1. The molecule has 32 heavy (non-hydrogen) atoms. The van der Waals surface area contributed by atoms with Gasteiger partial charge in [0.1, 0.15) is 5.54 Å². The molecule has 3 rings (SSSR count). The zero-order valence-corrected chi connectivity index (χ0v) is 19.2. The molecule has 1 aromatic rings. The molecule has 2 N–H and O–H groups in total. The molecule has 1 unspecified atom stereocenters. The van der Waals surface area contributed by atoms with Crippen LogP contribution >= 0.6 is 0 Å². The van der Waals surface area contributed by atoms with E-state index < -0.39 is 27.3 Å². The van der Waals surface area contributed by atoms with Crippen LogP contribution < -0.4 is 5.73 Å². The number of guanidine groups is 1. The lowest BCUT2D eigenvalue weighted by Crippen LogP contribution is -2.47. The number of hydrogen-bond donors (Lipinski definition) is 1. The largest absolute Gasteiger partial charge is 0.416 e. The van der Waals surface area contributed by atoms with Gasteiger partial charge in [-0.3, -0.25) is 9.69 Å². The van der Waals surface area contributed by atoms with Gasteiger partial charge >= 0.3 is 6.18 Å². The summed E-state index contributed by atoms with van der Waals surface area (Å²) in [7, 11) is -4.04. The first-order chi connectivity index (χ1) is 14.7.